The normalized spacial score (nSPS) is 26.3. The Bertz CT molecular complexity index is 653. The molecule has 120 valence electrons. The zero-order chi connectivity index (χ0) is 16.6. The number of nitrogens with zero attached hydrogens (tertiary/aromatic N) is 1. The standard InChI is InChI=1S/C17H17NO5/c1-10-14(11(2)23-10)9-22-17(21)12-3-5-13(6-4-12)18-15(19)7-8-16(18)20/h3-8,10-11,14H,9H2,1-2H3. The van der Waals surface area contributed by atoms with Gasteiger partial charge in [0.05, 0.1) is 30.1 Å². The molecule has 2 unspecified atom stereocenters. The number of hydrogen-bond acceptors (Lipinski definition) is 5. The van der Waals surface area contributed by atoms with Crippen LogP contribution in [0.2, 0.25) is 0 Å². The zero-order valence-electron chi connectivity index (χ0n) is 12.9. The van der Waals surface area contributed by atoms with Crippen LogP contribution in [0.3, 0.4) is 0 Å². The molecule has 3 rings (SSSR count). The summed E-state index contributed by atoms with van der Waals surface area (Å²) in [6, 6.07) is 6.19. The van der Waals surface area contributed by atoms with Gasteiger partial charge < -0.3 is 9.47 Å². The number of esters is 1. The molecule has 2 atom stereocenters. The fourth-order valence-corrected chi connectivity index (χ4v) is 2.76. The quantitative estimate of drug-likeness (QED) is 0.624. The molecule has 0 spiro atoms. The number of carbonyl (C=O) groups excluding carboxylic acids is 3. The van der Waals surface area contributed by atoms with E-state index in [-0.39, 0.29) is 18.1 Å². The fraction of sp³-hybridized carbons (Fsp3) is 0.353. The molecule has 0 aromatic heterocycles. The van der Waals surface area contributed by atoms with E-state index >= 15 is 0 Å². The summed E-state index contributed by atoms with van der Waals surface area (Å²) in [5.41, 5.74) is 0.803. The molecule has 0 bridgehead atoms. The van der Waals surface area contributed by atoms with E-state index in [0.717, 1.165) is 4.90 Å². The molecule has 0 radical (unpaired) electrons. The van der Waals surface area contributed by atoms with E-state index in [0.29, 0.717) is 17.9 Å². The second-order valence-corrected chi connectivity index (χ2v) is 5.70. The van der Waals surface area contributed by atoms with Gasteiger partial charge in [-0.2, -0.15) is 0 Å². The zero-order valence-corrected chi connectivity index (χ0v) is 12.9. The molecule has 2 heterocycles. The van der Waals surface area contributed by atoms with Crippen molar-refractivity contribution in [2.24, 2.45) is 5.92 Å². The van der Waals surface area contributed by atoms with E-state index in [2.05, 4.69) is 0 Å². The van der Waals surface area contributed by atoms with Crippen LogP contribution < -0.4 is 4.90 Å². The topological polar surface area (TPSA) is 72.9 Å². The lowest BCUT2D eigenvalue weighted by molar-refractivity contribution is -0.178. The third kappa shape index (κ3) is 2.90. The molecular weight excluding hydrogens is 298 g/mol. The third-order valence-electron chi connectivity index (χ3n) is 4.21. The van der Waals surface area contributed by atoms with Crippen molar-refractivity contribution in [2.45, 2.75) is 26.1 Å². The van der Waals surface area contributed by atoms with E-state index < -0.39 is 17.8 Å². The summed E-state index contributed by atoms with van der Waals surface area (Å²) in [4.78, 5) is 36.3. The highest BCUT2D eigenvalue weighted by Gasteiger charge is 2.37. The molecule has 0 aliphatic carbocycles. The highest BCUT2D eigenvalue weighted by atomic mass is 16.6. The number of hydrogen-bond donors (Lipinski definition) is 0. The molecule has 6 heteroatoms. The summed E-state index contributed by atoms with van der Waals surface area (Å²) in [5, 5.41) is 0. The summed E-state index contributed by atoms with van der Waals surface area (Å²) in [7, 11) is 0. The Kier molecular flexibility index (Phi) is 4.00. The summed E-state index contributed by atoms with van der Waals surface area (Å²) >= 11 is 0. The molecule has 2 amide bonds. The van der Waals surface area contributed by atoms with Crippen LogP contribution in [0.15, 0.2) is 36.4 Å². The number of ether oxygens (including phenoxy) is 2. The molecule has 1 aromatic carbocycles. The average molecular weight is 315 g/mol. The summed E-state index contributed by atoms with van der Waals surface area (Å²) < 4.78 is 10.7. The van der Waals surface area contributed by atoms with Crippen LogP contribution in [0.5, 0.6) is 0 Å². The van der Waals surface area contributed by atoms with Gasteiger partial charge in [-0.1, -0.05) is 0 Å². The molecule has 1 aromatic rings. The van der Waals surface area contributed by atoms with Crippen LogP contribution in [0.4, 0.5) is 5.69 Å². The monoisotopic (exact) mass is 315 g/mol. The van der Waals surface area contributed by atoms with Gasteiger partial charge in [-0.15, -0.1) is 0 Å². The lowest BCUT2D eigenvalue weighted by atomic mass is 9.92. The lowest BCUT2D eigenvalue weighted by Gasteiger charge is -2.40. The number of rotatable bonds is 4. The molecule has 2 aliphatic heterocycles. The predicted molar refractivity (Wildman–Crippen MR) is 81.9 cm³/mol. The van der Waals surface area contributed by atoms with E-state index in [1.807, 2.05) is 13.8 Å². The van der Waals surface area contributed by atoms with Crippen LogP contribution in [0, 0.1) is 5.92 Å². The van der Waals surface area contributed by atoms with Crippen molar-refractivity contribution in [1.29, 1.82) is 0 Å². The van der Waals surface area contributed by atoms with Crippen LogP contribution in [-0.4, -0.2) is 36.6 Å². The third-order valence-corrected chi connectivity index (χ3v) is 4.21. The Morgan fingerprint density at radius 1 is 1.09 bits per heavy atom. The largest absolute Gasteiger partial charge is 0.462 e. The maximum absolute atomic E-state index is 12.0. The molecule has 0 N–H and O–H groups in total. The smallest absolute Gasteiger partial charge is 0.338 e. The van der Waals surface area contributed by atoms with Crippen molar-refractivity contribution < 1.29 is 23.9 Å². The van der Waals surface area contributed by atoms with Gasteiger partial charge >= 0.3 is 5.97 Å². The van der Waals surface area contributed by atoms with Crippen molar-refractivity contribution in [1.82, 2.24) is 0 Å². The van der Waals surface area contributed by atoms with Crippen LogP contribution in [-0.2, 0) is 19.1 Å². The maximum Gasteiger partial charge on any atom is 0.338 e. The number of imide groups is 1. The molecule has 6 nitrogen and oxygen atoms in total. The summed E-state index contributed by atoms with van der Waals surface area (Å²) in [6.07, 6.45) is 2.63. The van der Waals surface area contributed by atoms with E-state index in [4.69, 9.17) is 9.47 Å². The Balaban J connectivity index is 1.62. The molecule has 2 aliphatic rings. The number of carbonyl (C=O) groups is 3. The Labute approximate surface area is 133 Å². The molecular formula is C17H17NO5. The lowest BCUT2D eigenvalue weighted by Crippen LogP contribution is -2.48. The number of benzene rings is 1. The summed E-state index contributed by atoms with van der Waals surface area (Å²) in [6.45, 7) is 4.22. The van der Waals surface area contributed by atoms with Crippen molar-refractivity contribution >= 4 is 23.5 Å². The van der Waals surface area contributed by atoms with Gasteiger partial charge in [-0.05, 0) is 38.1 Å². The molecule has 0 saturated carbocycles. The first kappa shape index (κ1) is 15.4. The van der Waals surface area contributed by atoms with E-state index in [1.165, 1.54) is 12.2 Å². The Hall–Kier alpha value is -2.47. The maximum atomic E-state index is 12.0. The minimum Gasteiger partial charge on any atom is -0.462 e. The first-order chi connectivity index (χ1) is 11.0. The molecule has 1 saturated heterocycles. The van der Waals surface area contributed by atoms with Gasteiger partial charge in [0, 0.05) is 18.1 Å². The highest BCUT2D eigenvalue weighted by Crippen LogP contribution is 2.28. The van der Waals surface area contributed by atoms with Gasteiger partial charge in [0.25, 0.3) is 11.8 Å². The van der Waals surface area contributed by atoms with Crippen molar-refractivity contribution in [3.8, 4) is 0 Å². The van der Waals surface area contributed by atoms with Crippen molar-refractivity contribution in [2.75, 3.05) is 11.5 Å². The van der Waals surface area contributed by atoms with Crippen molar-refractivity contribution in [3.05, 3.63) is 42.0 Å². The average Bonchev–Trinajstić information content (AvgIpc) is 2.86. The van der Waals surface area contributed by atoms with Gasteiger partial charge in [0.15, 0.2) is 0 Å². The van der Waals surface area contributed by atoms with Gasteiger partial charge in [0.2, 0.25) is 0 Å². The van der Waals surface area contributed by atoms with Gasteiger partial charge in [0.1, 0.15) is 0 Å². The first-order valence-electron chi connectivity index (χ1n) is 7.46. The first-order valence-corrected chi connectivity index (χ1v) is 7.46. The predicted octanol–water partition coefficient (Wildman–Crippen LogP) is 1.70. The van der Waals surface area contributed by atoms with Crippen LogP contribution in [0.1, 0.15) is 24.2 Å². The fourth-order valence-electron chi connectivity index (χ4n) is 2.76. The highest BCUT2D eigenvalue weighted by molar-refractivity contribution is 6.28. The van der Waals surface area contributed by atoms with Gasteiger partial charge in [-0.25, -0.2) is 9.69 Å². The molecule has 1 fully saturated rings. The van der Waals surface area contributed by atoms with Crippen molar-refractivity contribution in [3.63, 3.8) is 0 Å². The van der Waals surface area contributed by atoms with Gasteiger partial charge in [-0.3, -0.25) is 9.59 Å². The number of amides is 2. The van der Waals surface area contributed by atoms with Crippen LogP contribution in [0.25, 0.3) is 0 Å². The second-order valence-electron chi connectivity index (χ2n) is 5.70. The minimum atomic E-state index is -0.431. The van der Waals surface area contributed by atoms with Crippen LogP contribution >= 0.6 is 0 Å². The van der Waals surface area contributed by atoms with E-state index in [1.54, 1.807) is 24.3 Å². The minimum absolute atomic E-state index is 0.0971. The molecule has 23 heavy (non-hydrogen) atoms. The Morgan fingerprint density at radius 2 is 1.65 bits per heavy atom. The summed E-state index contributed by atoms with van der Waals surface area (Å²) in [5.74, 6) is -0.999. The Morgan fingerprint density at radius 3 is 2.17 bits per heavy atom. The SMILES string of the molecule is CC1OC(C)C1COC(=O)c1ccc(N2C(=O)C=CC2=O)cc1. The number of anilines is 1. The second kappa shape index (κ2) is 5.96. The van der Waals surface area contributed by atoms with E-state index in [9.17, 15) is 14.4 Å².